The minimum atomic E-state index is -3.86. The van der Waals surface area contributed by atoms with Gasteiger partial charge in [-0.15, -0.1) is 0 Å². The molecule has 2 N–H and O–H groups in total. The Labute approximate surface area is 119 Å². The van der Waals surface area contributed by atoms with Crippen LogP contribution in [0, 0.1) is 11.3 Å². The van der Waals surface area contributed by atoms with Gasteiger partial charge in [0.05, 0.1) is 11.6 Å². The highest BCUT2D eigenvalue weighted by Crippen LogP contribution is 2.17. The van der Waals surface area contributed by atoms with E-state index in [2.05, 4.69) is 9.71 Å². The average molecular weight is 310 g/mol. The summed E-state index contributed by atoms with van der Waals surface area (Å²) >= 11 is 5.59. The first kappa shape index (κ1) is 14.1. The summed E-state index contributed by atoms with van der Waals surface area (Å²) in [6.45, 7) is 0. The van der Waals surface area contributed by atoms with E-state index in [1.54, 1.807) is 0 Å². The molecule has 8 heteroatoms. The molecule has 1 aromatic heterocycles. The minimum absolute atomic E-state index is 0.161. The van der Waals surface area contributed by atoms with E-state index in [1.807, 2.05) is 6.07 Å². The van der Waals surface area contributed by atoms with Gasteiger partial charge in [0.2, 0.25) is 0 Å². The van der Waals surface area contributed by atoms with Crippen LogP contribution in [0.2, 0.25) is 5.02 Å². The van der Waals surface area contributed by atoms with Crippen molar-refractivity contribution >= 4 is 27.3 Å². The zero-order valence-electron chi connectivity index (χ0n) is 9.92. The summed E-state index contributed by atoms with van der Waals surface area (Å²) in [5.41, 5.74) is 0.148. The van der Waals surface area contributed by atoms with Crippen LogP contribution in [0.25, 0.3) is 0 Å². The highest BCUT2D eigenvalue weighted by atomic mass is 35.5. The molecule has 0 amide bonds. The number of pyridine rings is 1. The molecule has 0 atom stereocenters. The molecule has 0 aliphatic carbocycles. The maximum atomic E-state index is 12.1. The van der Waals surface area contributed by atoms with Crippen LogP contribution in [0.4, 0.5) is 5.69 Å². The summed E-state index contributed by atoms with van der Waals surface area (Å²) in [6.07, 6.45) is 1.06. The molecular weight excluding hydrogens is 302 g/mol. The van der Waals surface area contributed by atoms with Gasteiger partial charge in [0.15, 0.2) is 0 Å². The van der Waals surface area contributed by atoms with Crippen LogP contribution in [-0.2, 0) is 10.0 Å². The Morgan fingerprint density at radius 2 is 1.90 bits per heavy atom. The maximum absolute atomic E-state index is 12.1. The maximum Gasteiger partial charge on any atom is 0.266 e. The number of anilines is 1. The number of rotatable bonds is 3. The Kier molecular flexibility index (Phi) is 3.79. The number of aromatic amines is 1. The van der Waals surface area contributed by atoms with E-state index in [9.17, 15) is 13.2 Å². The normalized spacial score (nSPS) is 10.8. The highest BCUT2D eigenvalue weighted by molar-refractivity contribution is 7.92. The highest BCUT2D eigenvalue weighted by Gasteiger charge is 2.15. The Hall–Kier alpha value is -2.30. The van der Waals surface area contributed by atoms with Crippen molar-refractivity contribution in [2.45, 2.75) is 4.90 Å². The van der Waals surface area contributed by atoms with E-state index in [0.717, 1.165) is 12.3 Å². The van der Waals surface area contributed by atoms with Gasteiger partial charge < -0.3 is 4.98 Å². The lowest BCUT2D eigenvalue weighted by Crippen LogP contribution is -2.16. The van der Waals surface area contributed by atoms with Crippen LogP contribution >= 0.6 is 11.6 Å². The third-order valence-corrected chi connectivity index (χ3v) is 4.05. The zero-order chi connectivity index (χ0) is 14.8. The van der Waals surface area contributed by atoms with E-state index >= 15 is 0 Å². The molecule has 0 unspecified atom stereocenters. The van der Waals surface area contributed by atoms with Gasteiger partial charge >= 0.3 is 0 Å². The van der Waals surface area contributed by atoms with Gasteiger partial charge in [-0.1, -0.05) is 11.6 Å². The van der Waals surface area contributed by atoms with Crippen LogP contribution in [-0.4, -0.2) is 13.4 Å². The summed E-state index contributed by atoms with van der Waals surface area (Å²) in [5, 5.41) is 8.44. The lowest BCUT2D eigenvalue weighted by molar-refractivity contribution is 0.600. The number of nitriles is 1. The van der Waals surface area contributed by atoms with E-state index in [0.29, 0.717) is 11.3 Å². The monoisotopic (exact) mass is 309 g/mol. The van der Waals surface area contributed by atoms with Crippen molar-refractivity contribution in [1.82, 2.24) is 4.98 Å². The van der Waals surface area contributed by atoms with Crippen molar-refractivity contribution in [2.24, 2.45) is 0 Å². The van der Waals surface area contributed by atoms with Gasteiger partial charge in [0.1, 0.15) is 9.92 Å². The number of H-pyrrole nitrogens is 1. The zero-order valence-corrected chi connectivity index (χ0v) is 11.5. The van der Waals surface area contributed by atoms with Gasteiger partial charge in [0.25, 0.3) is 15.6 Å². The molecule has 0 aliphatic heterocycles. The fourth-order valence-corrected chi connectivity index (χ4v) is 2.71. The number of sulfonamides is 1. The third kappa shape index (κ3) is 2.99. The SMILES string of the molecule is N#Cc1ccc(NS(=O)(=O)c2c[nH]c(=O)c(Cl)c2)cc1. The molecule has 6 nitrogen and oxygen atoms in total. The van der Waals surface area contributed by atoms with Crippen molar-refractivity contribution in [2.75, 3.05) is 4.72 Å². The van der Waals surface area contributed by atoms with Crippen molar-refractivity contribution in [3.8, 4) is 6.07 Å². The number of hydrogen-bond acceptors (Lipinski definition) is 4. The molecule has 0 aliphatic rings. The van der Waals surface area contributed by atoms with Gasteiger partial charge in [-0.05, 0) is 30.3 Å². The molecule has 0 saturated heterocycles. The molecule has 1 aromatic carbocycles. The molecule has 102 valence electrons. The molecule has 0 saturated carbocycles. The number of aromatic nitrogens is 1. The van der Waals surface area contributed by atoms with Crippen LogP contribution in [0.5, 0.6) is 0 Å². The minimum Gasteiger partial charge on any atom is -0.326 e. The molecule has 20 heavy (non-hydrogen) atoms. The lowest BCUT2D eigenvalue weighted by atomic mass is 10.2. The summed E-state index contributed by atoms with van der Waals surface area (Å²) in [5.74, 6) is 0. The fraction of sp³-hybridized carbons (Fsp3) is 0. The van der Waals surface area contributed by atoms with E-state index in [-0.39, 0.29) is 9.92 Å². The molecular formula is C12H8ClN3O3S. The average Bonchev–Trinajstić information content (AvgIpc) is 2.42. The summed E-state index contributed by atoms with van der Waals surface area (Å²) in [7, 11) is -3.86. The smallest absolute Gasteiger partial charge is 0.266 e. The third-order valence-electron chi connectivity index (χ3n) is 2.41. The summed E-state index contributed by atoms with van der Waals surface area (Å²) in [4.78, 5) is 13.2. The first-order valence-corrected chi connectivity index (χ1v) is 7.20. The largest absolute Gasteiger partial charge is 0.326 e. The molecule has 0 radical (unpaired) electrons. The second kappa shape index (κ2) is 5.36. The Morgan fingerprint density at radius 1 is 1.25 bits per heavy atom. The second-order valence-electron chi connectivity index (χ2n) is 3.81. The Bertz CT molecular complexity index is 835. The van der Waals surface area contributed by atoms with Gasteiger partial charge in [-0.3, -0.25) is 9.52 Å². The quantitative estimate of drug-likeness (QED) is 0.900. The number of nitrogens with zero attached hydrogens (tertiary/aromatic N) is 1. The Balaban J connectivity index is 2.33. The number of benzene rings is 1. The molecule has 2 aromatic rings. The van der Waals surface area contributed by atoms with Gasteiger partial charge in [0, 0.05) is 11.9 Å². The predicted octanol–water partition coefficient (Wildman–Crippen LogP) is 1.70. The van der Waals surface area contributed by atoms with Crippen LogP contribution in [0.3, 0.4) is 0 Å². The topological polar surface area (TPSA) is 103 Å². The second-order valence-corrected chi connectivity index (χ2v) is 5.90. The molecule has 1 heterocycles. The van der Waals surface area contributed by atoms with E-state index in [4.69, 9.17) is 16.9 Å². The number of hydrogen-bond donors (Lipinski definition) is 2. The lowest BCUT2D eigenvalue weighted by Gasteiger charge is -2.07. The Morgan fingerprint density at radius 3 is 2.45 bits per heavy atom. The van der Waals surface area contributed by atoms with Crippen molar-refractivity contribution in [3.05, 3.63) is 57.5 Å². The first-order chi connectivity index (χ1) is 9.42. The predicted molar refractivity (Wildman–Crippen MR) is 74.0 cm³/mol. The van der Waals surface area contributed by atoms with E-state index in [1.165, 1.54) is 24.3 Å². The van der Waals surface area contributed by atoms with E-state index < -0.39 is 15.6 Å². The molecule has 0 bridgehead atoms. The number of halogens is 1. The first-order valence-electron chi connectivity index (χ1n) is 5.33. The van der Waals surface area contributed by atoms with Crippen molar-refractivity contribution in [3.63, 3.8) is 0 Å². The van der Waals surface area contributed by atoms with Crippen LogP contribution in [0.15, 0.2) is 46.2 Å². The van der Waals surface area contributed by atoms with Crippen LogP contribution in [0.1, 0.15) is 5.56 Å². The standard InChI is InChI=1S/C12H8ClN3O3S/c13-11-5-10(7-15-12(11)17)20(18,19)16-9-3-1-8(6-14)2-4-9/h1-5,7,16H,(H,15,17). The molecule has 0 fully saturated rings. The summed E-state index contributed by atoms with van der Waals surface area (Å²) in [6, 6.07) is 8.88. The molecule has 2 rings (SSSR count). The summed E-state index contributed by atoms with van der Waals surface area (Å²) < 4.78 is 26.4. The van der Waals surface area contributed by atoms with Gasteiger partial charge in [-0.2, -0.15) is 5.26 Å². The molecule has 0 spiro atoms. The number of nitrogens with one attached hydrogen (secondary N) is 2. The van der Waals surface area contributed by atoms with Crippen molar-refractivity contribution in [1.29, 1.82) is 5.26 Å². The van der Waals surface area contributed by atoms with Crippen LogP contribution < -0.4 is 10.3 Å². The van der Waals surface area contributed by atoms with Gasteiger partial charge in [-0.25, -0.2) is 8.42 Å². The van der Waals surface area contributed by atoms with Crippen molar-refractivity contribution < 1.29 is 8.42 Å². The fourth-order valence-electron chi connectivity index (χ4n) is 1.42.